The molecule has 0 spiro atoms. The van der Waals surface area contributed by atoms with Crippen LogP contribution < -0.4 is 10.9 Å². The molecule has 0 amide bonds. The summed E-state index contributed by atoms with van der Waals surface area (Å²) < 4.78 is 2.43. The molecule has 0 fully saturated rings. The van der Waals surface area contributed by atoms with Crippen molar-refractivity contribution in [3.8, 4) is 0 Å². The van der Waals surface area contributed by atoms with Crippen LogP contribution in [0.2, 0.25) is 0 Å². The summed E-state index contributed by atoms with van der Waals surface area (Å²) in [6.07, 6.45) is 2.57. The Morgan fingerprint density at radius 1 is 1.60 bits per heavy atom. The molecule has 0 aliphatic carbocycles. The van der Waals surface area contributed by atoms with Gasteiger partial charge < -0.3 is 5.32 Å². The Labute approximate surface area is 91.6 Å². The van der Waals surface area contributed by atoms with Crippen molar-refractivity contribution < 1.29 is 0 Å². The van der Waals surface area contributed by atoms with Crippen molar-refractivity contribution in [1.29, 1.82) is 0 Å². The molecule has 2 aromatic heterocycles. The molecule has 0 unspecified atom stereocenters. The van der Waals surface area contributed by atoms with E-state index >= 15 is 0 Å². The molecule has 1 N–H and O–H groups in total. The quantitative estimate of drug-likeness (QED) is 0.789. The van der Waals surface area contributed by atoms with Gasteiger partial charge in [0.05, 0.1) is 11.8 Å². The zero-order chi connectivity index (χ0) is 10.7. The van der Waals surface area contributed by atoms with Gasteiger partial charge in [0.25, 0.3) is 5.56 Å². The van der Waals surface area contributed by atoms with E-state index in [0.717, 1.165) is 29.7 Å². The van der Waals surface area contributed by atoms with Gasteiger partial charge in [0.1, 0.15) is 4.70 Å². The summed E-state index contributed by atoms with van der Waals surface area (Å²) in [5.41, 5.74) is 0.876. The third-order valence-electron chi connectivity index (χ3n) is 2.26. The van der Waals surface area contributed by atoms with Crippen LogP contribution in [0.4, 0.5) is 0 Å². The van der Waals surface area contributed by atoms with E-state index in [1.807, 2.05) is 18.5 Å². The van der Waals surface area contributed by atoms with Gasteiger partial charge in [-0.2, -0.15) is 0 Å². The minimum Gasteiger partial charge on any atom is -0.320 e. The topological polar surface area (TPSA) is 46.9 Å². The average Bonchev–Trinajstić information content (AvgIpc) is 2.70. The van der Waals surface area contributed by atoms with Gasteiger partial charge in [0, 0.05) is 6.54 Å². The molecule has 0 saturated heterocycles. The van der Waals surface area contributed by atoms with Crippen LogP contribution in [0.15, 0.2) is 22.6 Å². The molecule has 0 saturated carbocycles. The van der Waals surface area contributed by atoms with Crippen LogP contribution in [0.5, 0.6) is 0 Å². The van der Waals surface area contributed by atoms with Crippen molar-refractivity contribution in [3.63, 3.8) is 0 Å². The van der Waals surface area contributed by atoms with Crippen LogP contribution in [-0.2, 0) is 6.54 Å². The monoisotopic (exact) mass is 223 g/mol. The summed E-state index contributed by atoms with van der Waals surface area (Å²) in [4.78, 5) is 16.1. The number of hydrogen-bond donors (Lipinski definition) is 1. The van der Waals surface area contributed by atoms with Gasteiger partial charge >= 0.3 is 0 Å². The Morgan fingerprint density at radius 3 is 3.27 bits per heavy atom. The first kappa shape index (κ1) is 10.3. The minimum absolute atomic E-state index is 0.0751. The molecular formula is C10H13N3OS. The molecule has 2 heterocycles. The van der Waals surface area contributed by atoms with Crippen LogP contribution in [0, 0.1) is 0 Å². The summed E-state index contributed by atoms with van der Waals surface area (Å²) in [5.74, 6) is 0. The average molecular weight is 223 g/mol. The molecule has 0 atom stereocenters. The van der Waals surface area contributed by atoms with Gasteiger partial charge in [-0.25, -0.2) is 4.98 Å². The van der Waals surface area contributed by atoms with Crippen LogP contribution in [-0.4, -0.2) is 23.1 Å². The maximum atomic E-state index is 11.9. The van der Waals surface area contributed by atoms with E-state index < -0.39 is 0 Å². The Balaban J connectivity index is 2.28. The lowest BCUT2D eigenvalue weighted by Crippen LogP contribution is -2.21. The second-order valence-electron chi connectivity index (χ2n) is 3.34. The lowest BCUT2D eigenvalue weighted by atomic mass is 10.4. The number of thiophene rings is 1. The number of aromatic nitrogens is 2. The molecular weight excluding hydrogens is 210 g/mol. The van der Waals surface area contributed by atoms with Gasteiger partial charge in [-0.1, -0.05) is 0 Å². The van der Waals surface area contributed by atoms with Crippen molar-refractivity contribution in [2.75, 3.05) is 13.6 Å². The van der Waals surface area contributed by atoms with Gasteiger partial charge in [-0.3, -0.25) is 9.36 Å². The Hall–Kier alpha value is -1.20. The summed E-state index contributed by atoms with van der Waals surface area (Å²) in [6, 6.07) is 1.87. The lowest BCUT2D eigenvalue weighted by molar-refractivity contribution is 0.594. The first-order valence-corrected chi connectivity index (χ1v) is 5.78. The van der Waals surface area contributed by atoms with Crippen LogP contribution >= 0.6 is 11.3 Å². The molecule has 4 nitrogen and oxygen atoms in total. The number of aryl methyl sites for hydroxylation is 1. The number of fused-ring (bicyclic) bond motifs is 1. The third kappa shape index (κ3) is 2.08. The van der Waals surface area contributed by atoms with E-state index in [-0.39, 0.29) is 5.56 Å². The van der Waals surface area contributed by atoms with E-state index in [1.165, 1.54) is 11.3 Å². The predicted octanol–water partition coefficient (Wildman–Crippen LogP) is 1.07. The second-order valence-corrected chi connectivity index (χ2v) is 4.25. The summed E-state index contributed by atoms with van der Waals surface area (Å²) in [7, 11) is 1.91. The highest BCUT2D eigenvalue weighted by molar-refractivity contribution is 7.17. The van der Waals surface area contributed by atoms with Crippen molar-refractivity contribution >= 4 is 21.6 Å². The van der Waals surface area contributed by atoms with E-state index in [0.29, 0.717) is 0 Å². The maximum absolute atomic E-state index is 11.9. The highest BCUT2D eigenvalue weighted by atomic mass is 32.1. The molecule has 2 aromatic rings. The van der Waals surface area contributed by atoms with E-state index in [9.17, 15) is 4.79 Å². The lowest BCUT2D eigenvalue weighted by Gasteiger charge is -2.04. The molecule has 5 heteroatoms. The van der Waals surface area contributed by atoms with Crippen molar-refractivity contribution in [2.24, 2.45) is 0 Å². The van der Waals surface area contributed by atoms with Gasteiger partial charge in [0.15, 0.2) is 0 Å². The van der Waals surface area contributed by atoms with Gasteiger partial charge in [0.2, 0.25) is 0 Å². The minimum atomic E-state index is 0.0751. The number of nitrogens with zero attached hydrogens (tertiary/aromatic N) is 2. The Kier molecular flexibility index (Phi) is 3.13. The number of rotatable bonds is 4. The first-order valence-electron chi connectivity index (χ1n) is 4.90. The van der Waals surface area contributed by atoms with E-state index in [1.54, 1.807) is 10.9 Å². The normalized spacial score (nSPS) is 11.0. The van der Waals surface area contributed by atoms with Crippen molar-refractivity contribution in [1.82, 2.24) is 14.9 Å². The maximum Gasteiger partial charge on any atom is 0.271 e. The van der Waals surface area contributed by atoms with Gasteiger partial charge in [-0.05, 0) is 31.5 Å². The smallest absolute Gasteiger partial charge is 0.271 e. The van der Waals surface area contributed by atoms with E-state index in [2.05, 4.69) is 10.3 Å². The summed E-state index contributed by atoms with van der Waals surface area (Å²) >= 11 is 1.46. The van der Waals surface area contributed by atoms with Gasteiger partial charge in [-0.15, -0.1) is 11.3 Å². The molecule has 0 radical (unpaired) electrons. The molecule has 0 aromatic carbocycles. The van der Waals surface area contributed by atoms with Crippen LogP contribution in [0.3, 0.4) is 0 Å². The summed E-state index contributed by atoms with van der Waals surface area (Å²) in [5, 5.41) is 4.96. The molecule has 0 bridgehead atoms. The zero-order valence-electron chi connectivity index (χ0n) is 8.56. The molecule has 15 heavy (non-hydrogen) atoms. The number of hydrogen-bond acceptors (Lipinski definition) is 4. The fraction of sp³-hybridized carbons (Fsp3) is 0.400. The molecule has 0 aliphatic heterocycles. The fourth-order valence-corrected chi connectivity index (χ4v) is 2.26. The summed E-state index contributed by atoms with van der Waals surface area (Å²) in [6.45, 7) is 1.63. The Bertz CT molecular complexity index is 503. The third-order valence-corrected chi connectivity index (χ3v) is 3.15. The molecule has 0 aliphatic rings. The van der Waals surface area contributed by atoms with E-state index in [4.69, 9.17) is 0 Å². The highest BCUT2D eigenvalue weighted by Gasteiger charge is 2.04. The second kappa shape index (κ2) is 4.55. The van der Waals surface area contributed by atoms with Crippen LogP contribution in [0.1, 0.15) is 6.42 Å². The number of nitrogens with one attached hydrogen (secondary N) is 1. The van der Waals surface area contributed by atoms with Crippen molar-refractivity contribution in [3.05, 3.63) is 28.1 Å². The molecule has 80 valence electrons. The van der Waals surface area contributed by atoms with Crippen LogP contribution in [0.25, 0.3) is 10.2 Å². The SMILES string of the molecule is CNCCCn1cnc2ccsc2c1=O. The van der Waals surface area contributed by atoms with Crippen molar-refractivity contribution in [2.45, 2.75) is 13.0 Å². The standard InChI is InChI=1S/C10H13N3OS/c1-11-4-2-5-13-7-12-8-3-6-15-9(8)10(13)14/h3,6-7,11H,2,4-5H2,1H3. The largest absolute Gasteiger partial charge is 0.320 e. The molecule has 2 rings (SSSR count). The highest BCUT2D eigenvalue weighted by Crippen LogP contribution is 2.12. The first-order chi connectivity index (χ1) is 7.33. The fourth-order valence-electron chi connectivity index (χ4n) is 1.46. The predicted molar refractivity (Wildman–Crippen MR) is 62.4 cm³/mol. The zero-order valence-corrected chi connectivity index (χ0v) is 9.38. The Morgan fingerprint density at radius 2 is 2.47 bits per heavy atom.